The van der Waals surface area contributed by atoms with Crippen LogP contribution in [-0.4, -0.2) is 12.1 Å². The lowest BCUT2D eigenvalue weighted by atomic mass is 10.1. The minimum absolute atomic E-state index is 0.112. The van der Waals surface area contributed by atoms with Crippen LogP contribution in [0.5, 0.6) is 5.75 Å². The van der Waals surface area contributed by atoms with Gasteiger partial charge in [0, 0.05) is 17.6 Å². The van der Waals surface area contributed by atoms with E-state index in [9.17, 15) is 0 Å². The molecule has 0 bridgehead atoms. The van der Waals surface area contributed by atoms with Crippen LogP contribution in [0.1, 0.15) is 45.7 Å². The van der Waals surface area contributed by atoms with Gasteiger partial charge in [0.25, 0.3) is 0 Å². The van der Waals surface area contributed by atoms with Crippen LogP contribution in [0.3, 0.4) is 0 Å². The van der Waals surface area contributed by atoms with E-state index in [1.54, 1.807) is 0 Å². The number of hydrogen-bond donors (Lipinski definition) is 1. The summed E-state index contributed by atoms with van der Waals surface area (Å²) in [7, 11) is 0. The molecule has 1 rings (SSSR count). The molecule has 0 spiro atoms. The lowest BCUT2D eigenvalue weighted by molar-refractivity contribution is 0.351. The van der Waals surface area contributed by atoms with Gasteiger partial charge < -0.3 is 10.1 Å². The van der Waals surface area contributed by atoms with Gasteiger partial charge in [0.15, 0.2) is 0 Å². The Hall–Kier alpha value is -1.28. The second-order valence-electron chi connectivity index (χ2n) is 6.31. The summed E-state index contributed by atoms with van der Waals surface area (Å²) in [5, 5.41) is 3.51. The number of rotatable bonds is 5. The number of hydrogen-bond acceptors (Lipinski definition) is 2. The van der Waals surface area contributed by atoms with E-state index in [1.165, 1.54) is 16.7 Å². The molecule has 1 N–H and O–H groups in total. The highest BCUT2D eigenvalue weighted by Crippen LogP contribution is 2.21. The van der Waals surface area contributed by atoms with E-state index >= 15 is 0 Å². The van der Waals surface area contributed by atoms with Gasteiger partial charge in [-0.3, -0.25) is 0 Å². The van der Waals surface area contributed by atoms with Crippen molar-refractivity contribution in [1.82, 2.24) is 5.32 Å². The first-order valence-corrected chi connectivity index (χ1v) is 6.88. The first kappa shape index (κ1) is 15.8. The Kier molecular flexibility index (Phi) is 5.61. The molecule has 0 saturated heterocycles. The van der Waals surface area contributed by atoms with Crippen LogP contribution in [-0.2, 0) is 6.54 Å². The van der Waals surface area contributed by atoms with E-state index in [-0.39, 0.29) is 5.54 Å². The van der Waals surface area contributed by atoms with Crippen molar-refractivity contribution in [2.45, 2.75) is 53.6 Å². The maximum Gasteiger partial charge on any atom is 0.124 e. The smallest absolute Gasteiger partial charge is 0.124 e. The molecule has 0 saturated carbocycles. The van der Waals surface area contributed by atoms with Crippen LogP contribution in [0.25, 0.3) is 0 Å². The second-order valence-corrected chi connectivity index (χ2v) is 6.31. The van der Waals surface area contributed by atoms with Crippen molar-refractivity contribution in [3.05, 3.63) is 41.0 Å². The number of allylic oxidation sites excluding steroid dienone is 1. The first-order chi connectivity index (χ1) is 8.78. The average Bonchev–Trinajstić information content (AvgIpc) is 2.27. The van der Waals surface area contributed by atoms with Crippen LogP contribution in [0, 0.1) is 6.92 Å². The van der Waals surface area contributed by atoms with E-state index < -0.39 is 0 Å². The molecule has 0 fully saturated rings. The lowest BCUT2D eigenvalue weighted by Gasteiger charge is -2.22. The van der Waals surface area contributed by atoms with Crippen molar-refractivity contribution >= 4 is 0 Å². The molecule has 106 valence electrons. The van der Waals surface area contributed by atoms with Gasteiger partial charge in [0.2, 0.25) is 0 Å². The highest BCUT2D eigenvalue weighted by Gasteiger charge is 2.11. The fourth-order valence-corrected chi connectivity index (χ4v) is 1.65. The van der Waals surface area contributed by atoms with Crippen molar-refractivity contribution in [1.29, 1.82) is 0 Å². The minimum Gasteiger partial charge on any atom is -0.489 e. The molecule has 0 heterocycles. The third-order valence-corrected chi connectivity index (χ3v) is 2.76. The zero-order chi connectivity index (χ0) is 14.5. The summed E-state index contributed by atoms with van der Waals surface area (Å²) in [5.74, 6) is 0.972. The number of benzene rings is 1. The molecule has 0 aromatic heterocycles. The van der Waals surface area contributed by atoms with Crippen LogP contribution in [0.4, 0.5) is 0 Å². The van der Waals surface area contributed by atoms with E-state index in [4.69, 9.17) is 4.74 Å². The van der Waals surface area contributed by atoms with Gasteiger partial charge >= 0.3 is 0 Å². The molecule has 0 aliphatic heterocycles. The van der Waals surface area contributed by atoms with Gasteiger partial charge in [-0.15, -0.1) is 0 Å². The number of nitrogens with one attached hydrogen (secondary N) is 1. The average molecular weight is 261 g/mol. The summed E-state index contributed by atoms with van der Waals surface area (Å²) >= 11 is 0. The maximum absolute atomic E-state index is 5.85. The van der Waals surface area contributed by atoms with Crippen molar-refractivity contribution in [2.24, 2.45) is 0 Å². The second kappa shape index (κ2) is 6.76. The van der Waals surface area contributed by atoms with E-state index in [0.29, 0.717) is 6.61 Å². The van der Waals surface area contributed by atoms with Crippen LogP contribution in [0.15, 0.2) is 29.8 Å². The van der Waals surface area contributed by atoms with E-state index in [1.807, 2.05) is 0 Å². The topological polar surface area (TPSA) is 21.3 Å². The Labute approximate surface area is 117 Å². The van der Waals surface area contributed by atoms with Gasteiger partial charge in [-0.25, -0.2) is 0 Å². The largest absolute Gasteiger partial charge is 0.489 e. The Bertz CT molecular complexity index is 437. The Morgan fingerprint density at radius 2 is 1.95 bits per heavy atom. The number of aryl methyl sites for hydroxylation is 1. The molecular weight excluding hydrogens is 234 g/mol. The summed E-state index contributed by atoms with van der Waals surface area (Å²) < 4.78 is 5.85. The molecule has 0 amide bonds. The third kappa shape index (κ3) is 6.44. The standard InChI is InChI=1S/C17H27NO/c1-13(2)9-10-19-16-8-7-14(3)11-15(16)12-18-17(4,5)6/h7-9,11,18H,10,12H2,1-6H3. The summed E-state index contributed by atoms with van der Waals surface area (Å²) in [6.45, 7) is 14.3. The zero-order valence-electron chi connectivity index (χ0n) is 13.1. The predicted octanol–water partition coefficient (Wildman–Crippen LogP) is 4.23. The molecule has 0 radical (unpaired) electrons. The fraction of sp³-hybridized carbons (Fsp3) is 0.529. The van der Waals surface area contributed by atoms with Crippen molar-refractivity contribution in [3.8, 4) is 5.75 Å². The van der Waals surface area contributed by atoms with E-state index in [0.717, 1.165) is 12.3 Å². The molecule has 0 unspecified atom stereocenters. The van der Waals surface area contributed by atoms with Crippen LogP contribution < -0.4 is 10.1 Å². The number of ether oxygens (including phenoxy) is 1. The van der Waals surface area contributed by atoms with Crippen molar-refractivity contribution in [2.75, 3.05) is 6.61 Å². The highest BCUT2D eigenvalue weighted by atomic mass is 16.5. The van der Waals surface area contributed by atoms with Gasteiger partial charge in [-0.05, 0) is 53.7 Å². The first-order valence-electron chi connectivity index (χ1n) is 6.88. The Morgan fingerprint density at radius 3 is 2.53 bits per heavy atom. The molecule has 0 atom stereocenters. The molecule has 19 heavy (non-hydrogen) atoms. The van der Waals surface area contributed by atoms with Gasteiger partial charge in [0.1, 0.15) is 12.4 Å². The SMILES string of the molecule is CC(C)=CCOc1ccc(C)cc1CNC(C)(C)C. The highest BCUT2D eigenvalue weighted by molar-refractivity contribution is 5.37. The lowest BCUT2D eigenvalue weighted by Crippen LogP contribution is -2.35. The Morgan fingerprint density at radius 1 is 1.26 bits per heavy atom. The van der Waals surface area contributed by atoms with E-state index in [2.05, 4.69) is 71.1 Å². The summed E-state index contributed by atoms with van der Waals surface area (Å²) in [4.78, 5) is 0. The van der Waals surface area contributed by atoms with Crippen LogP contribution >= 0.6 is 0 Å². The van der Waals surface area contributed by atoms with Crippen molar-refractivity contribution < 1.29 is 4.74 Å². The molecule has 2 nitrogen and oxygen atoms in total. The minimum atomic E-state index is 0.112. The molecule has 1 aromatic carbocycles. The van der Waals surface area contributed by atoms with Crippen molar-refractivity contribution in [3.63, 3.8) is 0 Å². The molecule has 1 aromatic rings. The summed E-state index contributed by atoms with van der Waals surface area (Å²) in [6.07, 6.45) is 2.10. The quantitative estimate of drug-likeness (QED) is 0.801. The molecular formula is C17H27NO. The zero-order valence-corrected chi connectivity index (χ0v) is 13.1. The molecule has 2 heteroatoms. The van der Waals surface area contributed by atoms with Crippen LogP contribution in [0.2, 0.25) is 0 Å². The summed E-state index contributed by atoms with van der Waals surface area (Å²) in [6, 6.07) is 6.35. The Balaban J connectivity index is 2.76. The van der Waals surface area contributed by atoms with Gasteiger partial charge in [0.05, 0.1) is 0 Å². The molecule has 0 aliphatic rings. The normalized spacial score (nSPS) is 11.3. The fourth-order valence-electron chi connectivity index (χ4n) is 1.65. The maximum atomic E-state index is 5.85. The summed E-state index contributed by atoms with van der Waals surface area (Å²) in [5.41, 5.74) is 3.87. The van der Waals surface area contributed by atoms with Gasteiger partial charge in [-0.1, -0.05) is 23.3 Å². The molecule has 0 aliphatic carbocycles. The predicted molar refractivity (Wildman–Crippen MR) is 82.7 cm³/mol. The van der Waals surface area contributed by atoms with Gasteiger partial charge in [-0.2, -0.15) is 0 Å². The monoisotopic (exact) mass is 261 g/mol. The third-order valence-electron chi connectivity index (χ3n) is 2.76.